The van der Waals surface area contributed by atoms with E-state index < -0.39 is 0 Å². The van der Waals surface area contributed by atoms with Gasteiger partial charge in [0.2, 0.25) is 0 Å². The summed E-state index contributed by atoms with van der Waals surface area (Å²) in [6.07, 6.45) is 2.55. The lowest BCUT2D eigenvalue weighted by atomic mass is 10.2. The third-order valence-electron chi connectivity index (χ3n) is 3.33. The molecule has 4 nitrogen and oxygen atoms in total. The molecule has 22 heavy (non-hydrogen) atoms. The van der Waals surface area contributed by atoms with Crippen LogP contribution in [0.4, 0.5) is 5.69 Å². The summed E-state index contributed by atoms with van der Waals surface area (Å²) >= 11 is 6.88. The van der Waals surface area contributed by atoms with Crippen molar-refractivity contribution in [2.45, 2.75) is 13.3 Å². The molecule has 0 spiro atoms. The van der Waals surface area contributed by atoms with E-state index in [0.29, 0.717) is 12.1 Å². The van der Waals surface area contributed by atoms with Crippen LogP contribution >= 0.6 is 31.9 Å². The molecule has 1 aromatic carbocycles. The maximum atomic E-state index is 12.7. The first kappa shape index (κ1) is 15.2. The maximum Gasteiger partial charge on any atom is 0.274 e. The molecular formula is C16H13Br2N3O. The molecule has 3 rings (SSSR count). The van der Waals surface area contributed by atoms with Crippen LogP contribution in [0.15, 0.2) is 51.5 Å². The molecular weight excluding hydrogens is 410 g/mol. The highest BCUT2D eigenvalue weighted by Gasteiger charge is 2.19. The van der Waals surface area contributed by atoms with Gasteiger partial charge in [-0.2, -0.15) is 0 Å². The van der Waals surface area contributed by atoms with Crippen molar-refractivity contribution in [3.8, 4) is 0 Å². The molecule has 6 heteroatoms. The summed E-state index contributed by atoms with van der Waals surface area (Å²) in [5, 5.41) is 2.94. The Kier molecular flexibility index (Phi) is 4.31. The smallest absolute Gasteiger partial charge is 0.274 e. The van der Waals surface area contributed by atoms with E-state index in [1.54, 1.807) is 0 Å². The van der Waals surface area contributed by atoms with Gasteiger partial charge in [0.15, 0.2) is 0 Å². The Bertz CT molecular complexity index is 858. The lowest BCUT2D eigenvalue weighted by Crippen LogP contribution is -2.16. The fourth-order valence-electron chi connectivity index (χ4n) is 2.30. The predicted molar refractivity (Wildman–Crippen MR) is 94.4 cm³/mol. The number of pyridine rings is 1. The number of carbonyl (C=O) groups excluding carboxylic acids is 1. The second-order valence-electron chi connectivity index (χ2n) is 4.77. The molecule has 3 aromatic rings. The maximum absolute atomic E-state index is 12.7. The minimum Gasteiger partial charge on any atom is -0.320 e. The zero-order chi connectivity index (χ0) is 15.7. The molecule has 0 aliphatic heterocycles. The molecule has 0 aliphatic carbocycles. The Morgan fingerprint density at radius 2 is 2.00 bits per heavy atom. The normalized spacial score (nSPS) is 10.9. The number of halogens is 2. The molecule has 0 bridgehead atoms. The molecule has 0 unspecified atom stereocenters. The lowest BCUT2D eigenvalue weighted by Gasteiger charge is -2.08. The van der Waals surface area contributed by atoms with Gasteiger partial charge in [-0.3, -0.25) is 9.20 Å². The number of carbonyl (C=O) groups is 1. The van der Waals surface area contributed by atoms with Crippen LogP contribution in [0.3, 0.4) is 0 Å². The van der Waals surface area contributed by atoms with Gasteiger partial charge < -0.3 is 5.32 Å². The van der Waals surface area contributed by atoms with E-state index in [9.17, 15) is 4.79 Å². The molecule has 112 valence electrons. The number of fused-ring (bicyclic) bond motifs is 1. The van der Waals surface area contributed by atoms with Crippen molar-refractivity contribution in [2.75, 3.05) is 5.32 Å². The van der Waals surface area contributed by atoms with Crippen molar-refractivity contribution in [3.63, 3.8) is 0 Å². The summed E-state index contributed by atoms with van der Waals surface area (Å²) in [6.45, 7) is 1.99. The highest BCUT2D eigenvalue weighted by atomic mass is 79.9. The number of amides is 1. The first-order chi connectivity index (χ1) is 10.6. The van der Waals surface area contributed by atoms with Gasteiger partial charge in [-0.1, -0.05) is 19.1 Å². The quantitative estimate of drug-likeness (QED) is 0.666. The van der Waals surface area contributed by atoms with Gasteiger partial charge in [-0.05, 0) is 62.5 Å². The van der Waals surface area contributed by atoms with E-state index in [0.717, 1.165) is 26.0 Å². The Hall–Kier alpha value is -1.66. The van der Waals surface area contributed by atoms with Crippen LogP contribution in [0.25, 0.3) is 5.65 Å². The van der Waals surface area contributed by atoms with E-state index in [1.807, 2.05) is 53.9 Å². The van der Waals surface area contributed by atoms with Crippen LogP contribution < -0.4 is 5.32 Å². The SMILES string of the molecule is CCc1nc2ccc(Br)cn2c1C(=O)Nc1ccccc1Br. The number of imidazole rings is 1. The molecule has 0 atom stereocenters. The largest absolute Gasteiger partial charge is 0.320 e. The fourth-order valence-corrected chi connectivity index (χ4v) is 3.02. The van der Waals surface area contributed by atoms with Crippen molar-refractivity contribution in [3.05, 3.63) is 62.9 Å². The molecule has 0 saturated carbocycles. The van der Waals surface area contributed by atoms with Crippen LogP contribution in [-0.4, -0.2) is 15.3 Å². The summed E-state index contributed by atoms with van der Waals surface area (Å²) < 4.78 is 3.56. The molecule has 1 N–H and O–H groups in total. The number of aryl methyl sites for hydroxylation is 1. The number of nitrogens with zero attached hydrogens (tertiary/aromatic N) is 2. The molecule has 0 saturated heterocycles. The average molecular weight is 423 g/mol. The topological polar surface area (TPSA) is 46.4 Å². The fraction of sp³-hybridized carbons (Fsp3) is 0.125. The van der Waals surface area contributed by atoms with E-state index in [4.69, 9.17) is 0 Å². The Morgan fingerprint density at radius 1 is 1.23 bits per heavy atom. The molecule has 1 amide bonds. The van der Waals surface area contributed by atoms with Crippen LogP contribution in [0.2, 0.25) is 0 Å². The predicted octanol–water partition coefficient (Wildman–Crippen LogP) is 4.67. The minimum absolute atomic E-state index is 0.172. The molecule has 0 fully saturated rings. The monoisotopic (exact) mass is 421 g/mol. The lowest BCUT2D eigenvalue weighted by molar-refractivity contribution is 0.102. The summed E-state index contributed by atoms with van der Waals surface area (Å²) in [4.78, 5) is 17.3. The van der Waals surface area contributed by atoms with Gasteiger partial charge in [0.1, 0.15) is 11.3 Å². The highest BCUT2D eigenvalue weighted by molar-refractivity contribution is 9.10. The summed E-state index contributed by atoms with van der Waals surface area (Å²) in [7, 11) is 0. The van der Waals surface area contributed by atoms with E-state index in [2.05, 4.69) is 42.2 Å². The van der Waals surface area contributed by atoms with Crippen molar-refractivity contribution in [1.29, 1.82) is 0 Å². The van der Waals surface area contributed by atoms with Crippen LogP contribution in [0.5, 0.6) is 0 Å². The van der Waals surface area contributed by atoms with Gasteiger partial charge >= 0.3 is 0 Å². The van der Waals surface area contributed by atoms with Gasteiger partial charge in [0.05, 0.1) is 11.4 Å². The second kappa shape index (κ2) is 6.22. The van der Waals surface area contributed by atoms with Crippen molar-refractivity contribution >= 4 is 49.1 Å². The number of hydrogen-bond acceptors (Lipinski definition) is 2. The summed E-state index contributed by atoms with van der Waals surface area (Å²) in [6, 6.07) is 11.3. The van der Waals surface area contributed by atoms with Gasteiger partial charge in [-0.15, -0.1) is 0 Å². The number of rotatable bonds is 3. The minimum atomic E-state index is -0.172. The van der Waals surface area contributed by atoms with E-state index >= 15 is 0 Å². The number of aromatic nitrogens is 2. The molecule has 0 radical (unpaired) electrons. The zero-order valence-electron chi connectivity index (χ0n) is 11.8. The van der Waals surface area contributed by atoms with Crippen molar-refractivity contribution < 1.29 is 4.79 Å². The van der Waals surface area contributed by atoms with Crippen molar-refractivity contribution in [1.82, 2.24) is 9.38 Å². The molecule has 0 aliphatic rings. The Morgan fingerprint density at radius 3 is 2.73 bits per heavy atom. The third kappa shape index (κ3) is 2.80. The number of para-hydroxylation sites is 1. The van der Waals surface area contributed by atoms with Gasteiger partial charge in [0, 0.05) is 15.1 Å². The Labute approximate surface area is 144 Å². The van der Waals surface area contributed by atoms with E-state index in [-0.39, 0.29) is 5.91 Å². The number of benzene rings is 1. The first-order valence-electron chi connectivity index (χ1n) is 6.82. The summed E-state index contributed by atoms with van der Waals surface area (Å²) in [5.74, 6) is -0.172. The number of hydrogen-bond donors (Lipinski definition) is 1. The van der Waals surface area contributed by atoms with Crippen LogP contribution in [0.1, 0.15) is 23.1 Å². The first-order valence-corrected chi connectivity index (χ1v) is 8.41. The average Bonchev–Trinajstić information content (AvgIpc) is 2.87. The molecule has 2 heterocycles. The van der Waals surface area contributed by atoms with Gasteiger partial charge in [0.25, 0.3) is 5.91 Å². The van der Waals surface area contributed by atoms with Crippen molar-refractivity contribution in [2.24, 2.45) is 0 Å². The van der Waals surface area contributed by atoms with E-state index in [1.165, 1.54) is 0 Å². The van der Waals surface area contributed by atoms with Crippen LogP contribution in [0, 0.1) is 0 Å². The molecule has 2 aromatic heterocycles. The number of nitrogens with one attached hydrogen (secondary N) is 1. The van der Waals surface area contributed by atoms with Crippen LogP contribution in [-0.2, 0) is 6.42 Å². The zero-order valence-corrected chi connectivity index (χ0v) is 15.0. The second-order valence-corrected chi connectivity index (χ2v) is 6.54. The number of anilines is 1. The summed E-state index contributed by atoms with van der Waals surface area (Å²) in [5.41, 5.74) is 2.84. The highest BCUT2D eigenvalue weighted by Crippen LogP contribution is 2.23. The standard InChI is InChI=1S/C16H13Br2N3O/c1-2-12-15(21-9-10(17)7-8-14(21)19-12)16(22)20-13-6-4-3-5-11(13)18/h3-9H,2H2,1H3,(H,20,22). The Balaban J connectivity index is 2.06. The van der Waals surface area contributed by atoms with Gasteiger partial charge in [-0.25, -0.2) is 4.98 Å². The third-order valence-corrected chi connectivity index (χ3v) is 4.49.